The number of hydrogen-bond donors (Lipinski definition) is 1. The lowest BCUT2D eigenvalue weighted by Gasteiger charge is -2.43. The van der Waals surface area contributed by atoms with Gasteiger partial charge in [0, 0.05) is 25.7 Å². The lowest BCUT2D eigenvalue weighted by Crippen LogP contribution is -2.56. The summed E-state index contributed by atoms with van der Waals surface area (Å²) in [5.41, 5.74) is 0.595. The maximum atomic E-state index is 12.1. The Balaban J connectivity index is 1.62. The van der Waals surface area contributed by atoms with Crippen LogP contribution in [0.15, 0.2) is 30.3 Å². The number of piperidine rings is 1. The van der Waals surface area contributed by atoms with Crippen molar-refractivity contribution in [1.82, 2.24) is 0 Å². The Kier molecular flexibility index (Phi) is 3.76. The number of benzene rings is 1. The molecule has 0 spiro atoms. The number of hydrogen-bond acceptors (Lipinski definition) is 3. The number of aliphatic hydroxyl groups excluding tert-OH is 1. The van der Waals surface area contributed by atoms with Gasteiger partial charge in [0.1, 0.15) is 6.10 Å². The first-order valence-corrected chi connectivity index (χ1v) is 7.75. The highest BCUT2D eigenvalue weighted by Gasteiger charge is 2.50. The topological polar surface area (TPSA) is 46.5 Å². The molecule has 2 fully saturated rings. The van der Waals surface area contributed by atoms with Gasteiger partial charge in [0.05, 0.1) is 26.2 Å². The molecule has 1 unspecified atom stereocenters. The quantitative estimate of drug-likeness (QED) is 0.684. The fourth-order valence-corrected chi connectivity index (χ4v) is 3.93. The van der Waals surface area contributed by atoms with Crippen LogP contribution >= 0.6 is 0 Å². The molecule has 4 heteroatoms. The first kappa shape index (κ1) is 14.5. The van der Waals surface area contributed by atoms with Crippen molar-refractivity contribution < 1.29 is 19.1 Å². The number of carbonyl (C=O) groups excluding carboxylic acids is 1. The molecule has 1 N–H and O–H groups in total. The van der Waals surface area contributed by atoms with E-state index in [1.807, 2.05) is 18.2 Å². The first-order chi connectivity index (χ1) is 9.98. The molecule has 0 saturated carbocycles. The van der Waals surface area contributed by atoms with Gasteiger partial charge in [-0.15, -0.1) is 0 Å². The second kappa shape index (κ2) is 5.43. The summed E-state index contributed by atoms with van der Waals surface area (Å²) in [6, 6.07) is 10.1. The minimum Gasteiger partial charge on any atom is -0.460 e. The summed E-state index contributed by atoms with van der Waals surface area (Å²) in [5, 5.41) is 10.1. The average molecular weight is 290 g/mol. The smallest absolute Gasteiger partial charge is 0.339 e. The maximum absolute atomic E-state index is 12.1. The molecule has 21 heavy (non-hydrogen) atoms. The third kappa shape index (κ3) is 2.70. The van der Waals surface area contributed by atoms with Crippen LogP contribution in [-0.4, -0.2) is 47.8 Å². The van der Waals surface area contributed by atoms with Crippen molar-refractivity contribution in [2.75, 3.05) is 14.1 Å². The summed E-state index contributed by atoms with van der Waals surface area (Å²) in [6.45, 7) is 0. The molecule has 0 radical (unpaired) electrons. The summed E-state index contributed by atoms with van der Waals surface area (Å²) >= 11 is 0. The van der Waals surface area contributed by atoms with Gasteiger partial charge >= 0.3 is 5.97 Å². The van der Waals surface area contributed by atoms with Gasteiger partial charge in [-0.1, -0.05) is 30.3 Å². The Morgan fingerprint density at radius 2 is 1.76 bits per heavy atom. The highest BCUT2D eigenvalue weighted by molar-refractivity contribution is 5.76. The molecule has 1 aromatic carbocycles. The van der Waals surface area contributed by atoms with E-state index in [0.717, 1.165) is 17.3 Å². The van der Waals surface area contributed by atoms with Crippen molar-refractivity contribution >= 4 is 5.97 Å². The van der Waals surface area contributed by atoms with E-state index in [1.54, 1.807) is 12.1 Å². The van der Waals surface area contributed by atoms with Crippen LogP contribution in [0, 0.1) is 0 Å². The van der Waals surface area contributed by atoms with E-state index in [4.69, 9.17) is 4.74 Å². The fourth-order valence-electron chi connectivity index (χ4n) is 3.93. The van der Waals surface area contributed by atoms with E-state index in [-0.39, 0.29) is 6.10 Å². The van der Waals surface area contributed by atoms with Gasteiger partial charge in [0.25, 0.3) is 0 Å². The molecule has 2 aliphatic rings. The zero-order valence-electron chi connectivity index (χ0n) is 12.7. The van der Waals surface area contributed by atoms with Crippen molar-refractivity contribution in [1.29, 1.82) is 0 Å². The van der Waals surface area contributed by atoms with E-state index in [9.17, 15) is 9.90 Å². The Morgan fingerprint density at radius 3 is 2.33 bits per heavy atom. The van der Waals surface area contributed by atoms with Gasteiger partial charge in [0.15, 0.2) is 6.10 Å². The largest absolute Gasteiger partial charge is 0.460 e. The van der Waals surface area contributed by atoms with Gasteiger partial charge in [-0.2, -0.15) is 0 Å². The van der Waals surface area contributed by atoms with Crippen molar-refractivity contribution in [3.05, 3.63) is 35.9 Å². The maximum Gasteiger partial charge on any atom is 0.339 e. The number of ether oxygens (including phenoxy) is 1. The monoisotopic (exact) mass is 290 g/mol. The highest BCUT2D eigenvalue weighted by Crippen LogP contribution is 2.40. The summed E-state index contributed by atoms with van der Waals surface area (Å²) in [7, 11) is 4.55. The molecular weight excluding hydrogens is 266 g/mol. The Hall–Kier alpha value is -1.39. The van der Waals surface area contributed by atoms with Gasteiger partial charge < -0.3 is 14.3 Å². The molecule has 0 amide bonds. The zero-order valence-corrected chi connectivity index (χ0v) is 12.7. The lowest BCUT2D eigenvalue weighted by molar-refractivity contribution is -0.931. The fraction of sp³-hybridized carbons (Fsp3) is 0.588. The number of aliphatic hydroxyl groups is 1. The number of fused-ring (bicyclic) bond motifs is 2. The number of rotatable bonds is 3. The first-order valence-electron chi connectivity index (χ1n) is 7.75. The SMILES string of the molecule is C[N+]1(C)[C@@H]2CC[C@@H]1CC(OC(=O)C(O)c1ccccc1)C2. The number of nitrogens with zero attached hydrogens (tertiary/aromatic N) is 1. The van der Waals surface area contributed by atoms with Crippen LogP contribution in [0.3, 0.4) is 0 Å². The molecule has 4 nitrogen and oxygen atoms in total. The van der Waals surface area contributed by atoms with E-state index >= 15 is 0 Å². The number of esters is 1. The van der Waals surface area contributed by atoms with Crippen molar-refractivity contribution in [3.8, 4) is 0 Å². The van der Waals surface area contributed by atoms with Gasteiger partial charge in [0.2, 0.25) is 0 Å². The zero-order chi connectivity index (χ0) is 15.0. The minimum absolute atomic E-state index is 0.0421. The molecule has 0 aromatic heterocycles. The molecule has 2 bridgehead atoms. The minimum atomic E-state index is -1.17. The summed E-state index contributed by atoms with van der Waals surface area (Å²) in [4.78, 5) is 12.1. The van der Waals surface area contributed by atoms with Crippen LogP contribution in [0.1, 0.15) is 37.4 Å². The molecule has 0 aliphatic carbocycles. The van der Waals surface area contributed by atoms with Crippen molar-refractivity contribution in [2.24, 2.45) is 0 Å². The van der Waals surface area contributed by atoms with Crippen molar-refractivity contribution in [2.45, 2.75) is 50.0 Å². The summed E-state index contributed by atoms with van der Waals surface area (Å²) in [6.07, 6.45) is 3.04. The molecule has 1 aromatic rings. The normalized spacial score (nSPS) is 31.7. The summed E-state index contributed by atoms with van der Waals surface area (Å²) < 4.78 is 6.63. The predicted octanol–water partition coefficient (Wildman–Crippen LogP) is 2.03. The standard InChI is InChI=1S/C17H24NO3/c1-18(2)13-8-9-14(18)11-15(10-13)21-17(20)16(19)12-6-4-3-5-7-12/h3-7,13-16,19H,8-11H2,1-2H3/q+1/t13-,14-,16?/m1/s1. The van der Waals surface area contributed by atoms with E-state index in [1.165, 1.54) is 12.8 Å². The second-order valence-corrected chi connectivity index (χ2v) is 6.86. The molecule has 3 atom stereocenters. The Labute approximate surface area is 125 Å². The van der Waals surface area contributed by atoms with Crippen LogP contribution in [0.5, 0.6) is 0 Å². The van der Waals surface area contributed by atoms with Crippen molar-refractivity contribution in [3.63, 3.8) is 0 Å². The highest BCUT2D eigenvalue weighted by atomic mass is 16.6. The van der Waals surface area contributed by atoms with Crippen LogP contribution in [0.4, 0.5) is 0 Å². The predicted molar refractivity (Wildman–Crippen MR) is 79.4 cm³/mol. The van der Waals surface area contributed by atoms with Crippen LogP contribution in [-0.2, 0) is 9.53 Å². The Bertz CT molecular complexity index is 498. The van der Waals surface area contributed by atoms with Crippen LogP contribution in [0.25, 0.3) is 0 Å². The lowest BCUT2D eigenvalue weighted by atomic mass is 9.97. The van der Waals surface area contributed by atoms with Gasteiger partial charge in [-0.25, -0.2) is 4.79 Å². The van der Waals surface area contributed by atoms with E-state index < -0.39 is 12.1 Å². The van der Waals surface area contributed by atoms with E-state index in [2.05, 4.69) is 14.1 Å². The molecule has 2 aliphatic heterocycles. The number of carbonyl (C=O) groups is 1. The van der Waals surface area contributed by atoms with E-state index in [0.29, 0.717) is 17.6 Å². The molecule has 114 valence electrons. The average Bonchev–Trinajstić information content (AvgIpc) is 2.67. The third-order valence-corrected chi connectivity index (χ3v) is 5.41. The van der Waals surface area contributed by atoms with Gasteiger partial charge in [-0.3, -0.25) is 0 Å². The molecule has 2 saturated heterocycles. The Morgan fingerprint density at radius 1 is 1.19 bits per heavy atom. The summed E-state index contributed by atoms with van der Waals surface area (Å²) in [5.74, 6) is -0.516. The molecule has 2 heterocycles. The number of quaternary nitrogens is 1. The van der Waals surface area contributed by atoms with Gasteiger partial charge in [-0.05, 0) is 5.56 Å². The molecular formula is C17H24NO3+. The van der Waals surface area contributed by atoms with Crippen LogP contribution in [0.2, 0.25) is 0 Å². The second-order valence-electron chi connectivity index (χ2n) is 6.86. The third-order valence-electron chi connectivity index (χ3n) is 5.41. The van der Waals surface area contributed by atoms with Crippen LogP contribution < -0.4 is 0 Å². The molecule has 3 rings (SSSR count).